The Hall–Kier alpha value is -2.44. The van der Waals surface area contributed by atoms with Crippen molar-refractivity contribution in [3.8, 4) is 5.88 Å². The third kappa shape index (κ3) is 5.53. The van der Waals surface area contributed by atoms with Crippen LogP contribution in [0.2, 0.25) is 0 Å². The molecule has 1 N–H and O–H groups in total. The maximum Gasteiger partial charge on any atom is 0.251 e. The van der Waals surface area contributed by atoms with Gasteiger partial charge in [-0.1, -0.05) is 31.2 Å². The molecule has 0 bridgehead atoms. The Morgan fingerprint density at radius 2 is 1.79 bits per heavy atom. The fraction of sp³-hybridized carbons (Fsp3) is 0.455. The number of amides is 1. The van der Waals surface area contributed by atoms with Gasteiger partial charge in [-0.05, 0) is 30.7 Å². The van der Waals surface area contributed by atoms with E-state index < -0.39 is 0 Å². The van der Waals surface area contributed by atoms with E-state index in [1.807, 2.05) is 13.0 Å². The minimum Gasteiger partial charge on any atom is -0.478 e. The highest BCUT2D eigenvalue weighted by Gasteiger charge is 2.17. The van der Waals surface area contributed by atoms with Crippen LogP contribution in [0.25, 0.3) is 0 Å². The van der Waals surface area contributed by atoms with Crippen LogP contribution in [0.3, 0.4) is 0 Å². The summed E-state index contributed by atoms with van der Waals surface area (Å²) in [6.07, 6.45) is 1.60. The van der Waals surface area contributed by atoms with Crippen molar-refractivity contribution < 1.29 is 9.53 Å². The summed E-state index contributed by atoms with van der Waals surface area (Å²) in [5.74, 6) is 0.358. The van der Waals surface area contributed by atoms with Crippen molar-refractivity contribution >= 4 is 5.91 Å². The molecule has 0 atom stereocenters. The number of hydrogen-bond acceptors (Lipinski definition) is 5. The Morgan fingerprint density at radius 3 is 2.50 bits per heavy atom. The van der Waals surface area contributed by atoms with Gasteiger partial charge in [0, 0.05) is 57.1 Å². The third-order valence-electron chi connectivity index (χ3n) is 5.15. The second-order valence-corrected chi connectivity index (χ2v) is 6.98. The zero-order valence-electron chi connectivity index (χ0n) is 16.9. The number of piperazine rings is 1. The zero-order chi connectivity index (χ0) is 19.8. The Bertz CT molecular complexity index is 773. The van der Waals surface area contributed by atoms with Crippen LogP contribution in [0.4, 0.5) is 0 Å². The van der Waals surface area contributed by atoms with Gasteiger partial charge in [0.1, 0.15) is 0 Å². The van der Waals surface area contributed by atoms with Crippen LogP contribution in [0.1, 0.15) is 35.3 Å². The Labute approximate surface area is 167 Å². The highest BCUT2D eigenvalue weighted by atomic mass is 16.5. The predicted molar refractivity (Wildman–Crippen MR) is 110 cm³/mol. The smallest absolute Gasteiger partial charge is 0.251 e. The summed E-state index contributed by atoms with van der Waals surface area (Å²) in [7, 11) is 0. The molecule has 1 aliphatic rings. The second kappa shape index (κ2) is 10.2. The standard InChI is InChI=1S/C22H30N4O2/c1-3-25-11-13-26(14-12-25)17-20-8-6-5-7-19(20)16-24-22(27)18-9-10-23-21(15-18)28-4-2/h5-10,15H,3-4,11-14,16-17H2,1-2H3,(H,24,27). The summed E-state index contributed by atoms with van der Waals surface area (Å²) >= 11 is 0. The number of nitrogens with one attached hydrogen (secondary N) is 1. The maximum atomic E-state index is 12.5. The van der Waals surface area contributed by atoms with Crippen molar-refractivity contribution in [1.29, 1.82) is 0 Å². The van der Waals surface area contributed by atoms with Gasteiger partial charge in [0.2, 0.25) is 5.88 Å². The predicted octanol–water partition coefficient (Wildman–Crippen LogP) is 2.55. The number of hydrogen-bond donors (Lipinski definition) is 1. The van der Waals surface area contributed by atoms with Crippen LogP contribution < -0.4 is 10.1 Å². The van der Waals surface area contributed by atoms with E-state index in [0.29, 0.717) is 24.6 Å². The van der Waals surface area contributed by atoms with E-state index in [0.717, 1.165) is 44.8 Å². The lowest BCUT2D eigenvalue weighted by molar-refractivity contribution is 0.0950. The normalized spacial score (nSPS) is 15.4. The number of rotatable bonds is 8. The van der Waals surface area contributed by atoms with Gasteiger partial charge in [-0.2, -0.15) is 0 Å². The molecule has 0 spiro atoms. The first kappa shape index (κ1) is 20.3. The summed E-state index contributed by atoms with van der Waals surface area (Å²) in [5.41, 5.74) is 3.00. The van der Waals surface area contributed by atoms with Crippen LogP contribution in [0.5, 0.6) is 5.88 Å². The summed E-state index contributed by atoms with van der Waals surface area (Å²) < 4.78 is 5.38. The molecule has 1 aromatic heterocycles. The number of carbonyl (C=O) groups is 1. The molecule has 1 fully saturated rings. The fourth-order valence-electron chi connectivity index (χ4n) is 3.44. The molecule has 6 heteroatoms. The zero-order valence-corrected chi connectivity index (χ0v) is 16.9. The molecule has 0 aliphatic carbocycles. The van der Waals surface area contributed by atoms with E-state index >= 15 is 0 Å². The lowest BCUT2D eigenvalue weighted by Gasteiger charge is -2.34. The Kier molecular flexibility index (Phi) is 7.39. The molecule has 1 amide bonds. The van der Waals surface area contributed by atoms with E-state index in [1.165, 1.54) is 5.56 Å². The Morgan fingerprint density at radius 1 is 1.07 bits per heavy atom. The van der Waals surface area contributed by atoms with Gasteiger partial charge in [-0.25, -0.2) is 4.98 Å². The first-order chi connectivity index (χ1) is 13.7. The maximum absolute atomic E-state index is 12.5. The molecule has 0 saturated carbocycles. The van der Waals surface area contributed by atoms with Gasteiger partial charge in [-0.15, -0.1) is 0 Å². The van der Waals surface area contributed by atoms with Gasteiger partial charge in [-0.3, -0.25) is 9.69 Å². The minimum atomic E-state index is -0.116. The first-order valence-electron chi connectivity index (χ1n) is 10.1. The summed E-state index contributed by atoms with van der Waals surface area (Å²) in [5, 5.41) is 3.03. The highest BCUT2D eigenvalue weighted by molar-refractivity contribution is 5.94. The van der Waals surface area contributed by atoms with E-state index in [2.05, 4.69) is 45.2 Å². The van der Waals surface area contributed by atoms with Crippen LogP contribution in [0.15, 0.2) is 42.6 Å². The van der Waals surface area contributed by atoms with Crippen molar-refractivity contribution in [1.82, 2.24) is 20.1 Å². The largest absolute Gasteiger partial charge is 0.478 e. The molecule has 1 aromatic carbocycles. The molecular formula is C22H30N4O2. The summed E-state index contributed by atoms with van der Waals surface area (Å²) in [4.78, 5) is 21.6. The van der Waals surface area contributed by atoms with E-state index in [9.17, 15) is 4.79 Å². The number of carbonyl (C=O) groups excluding carboxylic acids is 1. The molecule has 2 aromatic rings. The van der Waals surface area contributed by atoms with Crippen molar-refractivity contribution in [2.45, 2.75) is 26.9 Å². The second-order valence-electron chi connectivity index (χ2n) is 6.98. The number of aromatic nitrogens is 1. The van der Waals surface area contributed by atoms with Crippen LogP contribution in [-0.4, -0.2) is 60.0 Å². The molecule has 6 nitrogen and oxygen atoms in total. The molecule has 2 heterocycles. The number of pyridine rings is 1. The van der Waals surface area contributed by atoms with E-state index in [1.54, 1.807) is 18.3 Å². The molecule has 0 unspecified atom stereocenters. The van der Waals surface area contributed by atoms with Gasteiger partial charge >= 0.3 is 0 Å². The van der Waals surface area contributed by atoms with Gasteiger partial charge in [0.15, 0.2) is 0 Å². The number of likely N-dealkylation sites (N-methyl/N-ethyl adjacent to an activating group) is 1. The molecular weight excluding hydrogens is 352 g/mol. The SMILES string of the molecule is CCOc1cc(C(=O)NCc2ccccc2CN2CCN(CC)CC2)ccn1. The topological polar surface area (TPSA) is 57.7 Å². The Balaban J connectivity index is 1.59. The van der Waals surface area contributed by atoms with Gasteiger partial charge < -0.3 is 15.0 Å². The monoisotopic (exact) mass is 382 g/mol. The minimum absolute atomic E-state index is 0.116. The average molecular weight is 383 g/mol. The molecule has 28 heavy (non-hydrogen) atoms. The van der Waals surface area contributed by atoms with Crippen LogP contribution in [0, 0.1) is 0 Å². The number of nitrogens with zero attached hydrogens (tertiary/aromatic N) is 3. The lowest BCUT2D eigenvalue weighted by atomic mass is 10.1. The average Bonchev–Trinajstić information content (AvgIpc) is 2.74. The van der Waals surface area contributed by atoms with E-state index in [-0.39, 0.29) is 5.91 Å². The molecule has 0 radical (unpaired) electrons. The lowest BCUT2D eigenvalue weighted by Crippen LogP contribution is -2.45. The van der Waals surface area contributed by atoms with Crippen molar-refractivity contribution in [2.75, 3.05) is 39.3 Å². The fourth-order valence-corrected chi connectivity index (χ4v) is 3.44. The van der Waals surface area contributed by atoms with E-state index in [4.69, 9.17) is 4.74 Å². The highest BCUT2D eigenvalue weighted by Crippen LogP contribution is 2.14. The van der Waals surface area contributed by atoms with Crippen molar-refractivity contribution in [3.05, 3.63) is 59.3 Å². The molecule has 3 rings (SSSR count). The molecule has 1 saturated heterocycles. The third-order valence-corrected chi connectivity index (χ3v) is 5.15. The van der Waals surface area contributed by atoms with Crippen LogP contribution >= 0.6 is 0 Å². The van der Waals surface area contributed by atoms with Crippen molar-refractivity contribution in [2.24, 2.45) is 0 Å². The molecule has 1 aliphatic heterocycles. The quantitative estimate of drug-likeness (QED) is 0.760. The van der Waals surface area contributed by atoms with Gasteiger partial charge in [0.25, 0.3) is 5.91 Å². The first-order valence-corrected chi connectivity index (χ1v) is 10.1. The van der Waals surface area contributed by atoms with Crippen LogP contribution in [-0.2, 0) is 13.1 Å². The number of ether oxygens (including phenoxy) is 1. The molecule has 150 valence electrons. The number of benzene rings is 1. The summed E-state index contributed by atoms with van der Waals surface area (Å²) in [6, 6.07) is 11.7. The van der Waals surface area contributed by atoms with Crippen molar-refractivity contribution in [3.63, 3.8) is 0 Å². The van der Waals surface area contributed by atoms with Gasteiger partial charge in [0.05, 0.1) is 6.61 Å². The summed E-state index contributed by atoms with van der Waals surface area (Å²) in [6.45, 7) is 11.6.